The fourth-order valence-electron chi connectivity index (χ4n) is 1.78. The van der Waals surface area contributed by atoms with Gasteiger partial charge in [-0.1, -0.05) is 29.8 Å². The molecule has 0 unspecified atom stereocenters. The first-order chi connectivity index (χ1) is 7.13. The van der Waals surface area contributed by atoms with E-state index in [0.29, 0.717) is 11.5 Å². The molecule has 0 aliphatic heterocycles. The molecule has 0 aliphatic carbocycles. The third-order valence-electron chi connectivity index (χ3n) is 2.53. The van der Waals surface area contributed by atoms with Crippen molar-refractivity contribution < 1.29 is 0 Å². The third kappa shape index (κ3) is 1.66. The van der Waals surface area contributed by atoms with Crippen molar-refractivity contribution in [2.75, 3.05) is 0 Å². The lowest BCUT2D eigenvalue weighted by Crippen LogP contribution is -1.84. The number of halogens is 1. The second kappa shape index (κ2) is 3.71. The van der Waals surface area contributed by atoms with E-state index < -0.39 is 0 Å². The largest absolute Gasteiger partial charge is 0.360 e. The molecule has 0 amide bonds. The zero-order valence-corrected chi connectivity index (χ0v) is 10.2. The van der Waals surface area contributed by atoms with Gasteiger partial charge >= 0.3 is 0 Å². The van der Waals surface area contributed by atoms with Crippen molar-refractivity contribution in [3.8, 4) is 6.07 Å². The Morgan fingerprint density at radius 2 is 2.13 bits per heavy atom. The van der Waals surface area contributed by atoms with E-state index in [4.69, 9.17) is 5.26 Å². The molecule has 76 valence electrons. The highest BCUT2D eigenvalue weighted by atomic mass is 79.9. The van der Waals surface area contributed by atoms with E-state index in [9.17, 15) is 0 Å². The maximum Gasteiger partial charge on any atom is 0.101 e. The highest BCUT2D eigenvalue weighted by molar-refractivity contribution is 9.10. The predicted octanol–water partition coefficient (Wildman–Crippen LogP) is 3.93. The molecule has 0 spiro atoms. The minimum absolute atomic E-state index is 0.458. The molecular weight excluding hydrogens is 252 g/mol. The molecule has 3 heteroatoms. The molecule has 15 heavy (non-hydrogen) atoms. The van der Waals surface area contributed by atoms with Crippen LogP contribution in [-0.2, 0) is 0 Å². The first-order valence-corrected chi connectivity index (χ1v) is 5.63. The highest BCUT2D eigenvalue weighted by Crippen LogP contribution is 2.30. The monoisotopic (exact) mass is 262 g/mol. The first kappa shape index (κ1) is 10.3. The van der Waals surface area contributed by atoms with Gasteiger partial charge in [0.05, 0.1) is 11.1 Å². The van der Waals surface area contributed by atoms with Crippen LogP contribution in [0.3, 0.4) is 0 Å². The Morgan fingerprint density at radius 1 is 1.40 bits per heavy atom. The minimum atomic E-state index is 0.458. The average molecular weight is 263 g/mol. The quantitative estimate of drug-likeness (QED) is 0.831. The number of benzene rings is 1. The number of nitrogens with zero attached hydrogens (tertiary/aromatic N) is 1. The van der Waals surface area contributed by atoms with E-state index in [2.05, 4.69) is 46.9 Å². The molecule has 2 rings (SSSR count). The van der Waals surface area contributed by atoms with Gasteiger partial charge in [-0.15, -0.1) is 0 Å². The summed E-state index contributed by atoms with van der Waals surface area (Å²) in [6, 6.07) is 6.10. The number of aromatic nitrogens is 1. The minimum Gasteiger partial charge on any atom is -0.360 e. The lowest BCUT2D eigenvalue weighted by Gasteiger charge is -2.03. The van der Waals surface area contributed by atoms with Crippen molar-refractivity contribution in [1.82, 2.24) is 4.98 Å². The normalized spacial score (nSPS) is 10.9. The molecule has 0 aliphatic rings. The van der Waals surface area contributed by atoms with Gasteiger partial charge in [0.1, 0.15) is 6.07 Å². The number of nitriles is 1. The van der Waals surface area contributed by atoms with E-state index in [1.165, 1.54) is 5.56 Å². The van der Waals surface area contributed by atoms with Crippen molar-refractivity contribution in [1.29, 1.82) is 5.26 Å². The number of aromatic amines is 1. The fourth-order valence-corrected chi connectivity index (χ4v) is 2.24. The first-order valence-electron chi connectivity index (χ1n) is 4.84. The Kier molecular flexibility index (Phi) is 2.54. The van der Waals surface area contributed by atoms with Gasteiger partial charge in [0.25, 0.3) is 0 Å². The summed E-state index contributed by atoms with van der Waals surface area (Å²) in [6.45, 7) is 4.30. The van der Waals surface area contributed by atoms with E-state index in [-0.39, 0.29) is 0 Å². The van der Waals surface area contributed by atoms with E-state index in [0.717, 1.165) is 15.4 Å². The Labute approximate surface area is 97.0 Å². The van der Waals surface area contributed by atoms with Gasteiger partial charge in [0.15, 0.2) is 0 Å². The molecule has 1 aromatic carbocycles. The standard InChI is InChI=1S/C12H11BrN2/c1-7(2)11-6-15-12-8(5-14)3-9(13)4-10(11)12/h3-4,6-7,15H,1-2H3. The van der Waals surface area contributed by atoms with Crippen LogP contribution in [0.1, 0.15) is 30.9 Å². The zero-order valence-electron chi connectivity index (χ0n) is 8.63. The van der Waals surface area contributed by atoms with Gasteiger partial charge in [-0.25, -0.2) is 0 Å². The number of hydrogen-bond donors (Lipinski definition) is 1. The molecule has 2 aromatic rings. The van der Waals surface area contributed by atoms with E-state index in [1.807, 2.05) is 12.3 Å². The zero-order chi connectivity index (χ0) is 11.0. The van der Waals surface area contributed by atoms with Crippen LogP contribution in [0, 0.1) is 11.3 Å². The molecule has 1 aromatic heterocycles. The maximum atomic E-state index is 9.02. The summed E-state index contributed by atoms with van der Waals surface area (Å²) >= 11 is 3.43. The van der Waals surface area contributed by atoms with Crippen molar-refractivity contribution in [3.63, 3.8) is 0 Å². The summed E-state index contributed by atoms with van der Waals surface area (Å²) in [7, 11) is 0. The van der Waals surface area contributed by atoms with Crippen molar-refractivity contribution in [3.05, 3.63) is 33.9 Å². The Hall–Kier alpha value is -1.27. The van der Waals surface area contributed by atoms with Gasteiger partial charge < -0.3 is 4.98 Å². The van der Waals surface area contributed by atoms with Gasteiger partial charge in [0, 0.05) is 16.1 Å². The smallest absolute Gasteiger partial charge is 0.101 e. The van der Waals surface area contributed by atoms with Crippen LogP contribution < -0.4 is 0 Å². The van der Waals surface area contributed by atoms with E-state index >= 15 is 0 Å². The summed E-state index contributed by atoms with van der Waals surface area (Å²) < 4.78 is 0.952. The molecule has 2 nitrogen and oxygen atoms in total. The van der Waals surface area contributed by atoms with Crippen LogP contribution >= 0.6 is 15.9 Å². The summed E-state index contributed by atoms with van der Waals surface area (Å²) in [5, 5.41) is 10.2. The van der Waals surface area contributed by atoms with Crippen LogP contribution in [0.5, 0.6) is 0 Å². The lowest BCUT2D eigenvalue weighted by molar-refractivity contribution is 0.875. The van der Waals surface area contributed by atoms with Gasteiger partial charge in [0.2, 0.25) is 0 Å². The predicted molar refractivity (Wildman–Crippen MR) is 64.8 cm³/mol. The summed E-state index contributed by atoms with van der Waals surface area (Å²) in [4.78, 5) is 3.17. The molecule has 0 atom stereocenters. The van der Waals surface area contributed by atoms with Crippen molar-refractivity contribution in [2.45, 2.75) is 19.8 Å². The van der Waals surface area contributed by atoms with Crippen LogP contribution in [-0.4, -0.2) is 4.98 Å². The maximum absolute atomic E-state index is 9.02. The average Bonchev–Trinajstić information content (AvgIpc) is 2.59. The molecule has 1 heterocycles. The number of nitrogens with one attached hydrogen (secondary N) is 1. The van der Waals surface area contributed by atoms with Gasteiger partial charge in [-0.05, 0) is 23.6 Å². The molecule has 0 radical (unpaired) electrons. The number of fused-ring (bicyclic) bond motifs is 1. The Bertz CT molecular complexity index is 546. The van der Waals surface area contributed by atoms with Gasteiger partial charge in [-0.3, -0.25) is 0 Å². The number of H-pyrrole nitrogens is 1. The Balaban J connectivity index is 2.82. The van der Waals surface area contributed by atoms with Crippen LogP contribution in [0.15, 0.2) is 22.8 Å². The van der Waals surface area contributed by atoms with Gasteiger partial charge in [-0.2, -0.15) is 5.26 Å². The second-order valence-electron chi connectivity index (χ2n) is 3.89. The highest BCUT2D eigenvalue weighted by Gasteiger charge is 2.10. The summed E-state index contributed by atoms with van der Waals surface area (Å²) in [6.07, 6.45) is 1.99. The van der Waals surface area contributed by atoms with Crippen LogP contribution in [0.25, 0.3) is 10.9 Å². The number of rotatable bonds is 1. The summed E-state index contributed by atoms with van der Waals surface area (Å²) in [5.41, 5.74) is 2.87. The fraction of sp³-hybridized carbons (Fsp3) is 0.250. The van der Waals surface area contributed by atoms with Crippen molar-refractivity contribution >= 4 is 26.8 Å². The molecule has 0 saturated carbocycles. The van der Waals surface area contributed by atoms with Crippen molar-refractivity contribution in [2.24, 2.45) is 0 Å². The van der Waals surface area contributed by atoms with Crippen LogP contribution in [0.2, 0.25) is 0 Å². The second-order valence-corrected chi connectivity index (χ2v) is 4.80. The molecule has 0 fully saturated rings. The van der Waals surface area contributed by atoms with E-state index in [1.54, 1.807) is 0 Å². The van der Waals surface area contributed by atoms with Crippen LogP contribution in [0.4, 0.5) is 0 Å². The SMILES string of the molecule is CC(C)c1c[nH]c2c(C#N)cc(Br)cc12. The lowest BCUT2D eigenvalue weighted by atomic mass is 10.0. The Morgan fingerprint density at radius 3 is 2.73 bits per heavy atom. The topological polar surface area (TPSA) is 39.6 Å². The number of hydrogen-bond acceptors (Lipinski definition) is 1. The molecular formula is C12H11BrN2. The summed E-state index contributed by atoms with van der Waals surface area (Å²) in [5.74, 6) is 0.458. The third-order valence-corrected chi connectivity index (χ3v) is 2.99. The molecule has 1 N–H and O–H groups in total. The molecule has 0 saturated heterocycles. The molecule has 0 bridgehead atoms.